The number of halogens is 4. The van der Waals surface area contributed by atoms with Gasteiger partial charge in [-0.05, 0) is 30.5 Å². The first-order valence-corrected chi connectivity index (χ1v) is 7.98. The van der Waals surface area contributed by atoms with Crippen LogP contribution in [0.25, 0.3) is 0 Å². The maximum absolute atomic E-state index is 13.4. The van der Waals surface area contributed by atoms with Crippen LogP contribution >= 0.6 is 15.9 Å². The number of rotatable bonds is 6. The highest BCUT2D eigenvalue weighted by Gasteiger charge is 2.62. The van der Waals surface area contributed by atoms with Gasteiger partial charge in [0.2, 0.25) is 0 Å². The number of hydrogen-bond acceptors (Lipinski definition) is 4. The summed E-state index contributed by atoms with van der Waals surface area (Å²) in [6.07, 6.45) is -6.08. The minimum absolute atomic E-state index is 0.266. The minimum atomic E-state index is -5.17. The Morgan fingerprint density at radius 3 is 2.33 bits per heavy atom. The molecule has 0 fully saturated rings. The molecule has 0 saturated carbocycles. The van der Waals surface area contributed by atoms with E-state index in [1.807, 2.05) is 0 Å². The van der Waals surface area contributed by atoms with Gasteiger partial charge in [0.1, 0.15) is 5.75 Å². The van der Waals surface area contributed by atoms with E-state index in [1.165, 1.54) is 27.9 Å². The Labute approximate surface area is 147 Å². The fraction of sp³-hybridized carbons (Fsp3) is 0.562. The third-order valence-electron chi connectivity index (χ3n) is 3.67. The summed E-state index contributed by atoms with van der Waals surface area (Å²) >= 11 is 3.26. The zero-order valence-electron chi connectivity index (χ0n) is 13.8. The van der Waals surface area contributed by atoms with Crippen LogP contribution in [-0.4, -0.2) is 36.6 Å². The first-order valence-electron chi connectivity index (χ1n) is 7.19. The third kappa shape index (κ3) is 4.22. The molecule has 1 aromatic rings. The molecule has 24 heavy (non-hydrogen) atoms. The van der Waals surface area contributed by atoms with Crippen molar-refractivity contribution >= 4 is 21.9 Å². The molecule has 1 atom stereocenters. The predicted octanol–water partition coefficient (Wildman–Crippen LogP) is 3.98. The van der Waals surface area contributed by atoms with Gasteiger partial charge < -0.3 is 14.6 Å². The van der Waals surface area contributed by atoms with Gasteiger partial charge in [-0.3, -0.25) is 0 Å². The zero-order valence-corrected chi connectivity index (χ0v) is 15.4. The minimum Gasteiger partial charge on any atom is -0.496 e. The number of hydrogen-bond donors (Lipinski definition) is 1. The number of benzene rings is 1. The van der Waals surface area contributed by atoms with Crippen molar-refractivity contribution in [2.75, 3.05) is 13.7 Å². The summed E-state index contributed by atoms with van der Waals surface area (Å²) in [6.45, 7) is 4.09. The van der Waals surface area contributed by atoms with E-state index in [0.717, 1.165) is 0 Å². The van der Waals surface area contributed by atoms with E-state index < -0.39 is 29.6 Å². The van der Waals surface area contributed by atoms with Gasteiger partial charge in [-0.1, -0.05) is 29.8 Å². The monoisotopic (exact) mass is 412 g/mol. The van der Waals surface area contributed by atoms with Crippen LogP contribution in [0.3, 0.4) is 0 Å². The van der Waals surface area contributed by atoms with Crippen molar-refractivity contribution in [3.05, 3.63) is 28.2 Å². The molecule has 1 rings (SSSR count). The molecular weight excluding hydrogens is 393 g/mol. The molecule has 0 amide bonds. The molecule has 8 heteroatoms. The summed E-state index contributed by atoms with van der Waals surface area (Å²) in [5.41, 5.74) is -4.42. The Morgan fingerprint density at radius 2 is 1.88 bits per heavy atom. The summed E-state index contributed by atoms with van der Waals surface area (Å²) < 4.78 is 50.5. The average Bonchev–Trinajstić information content (AvgIpc) is 2.45. The Bertz CT molecular complexity index is 601. The van der Waals surface area contributed by atoms with Gasteiger partial charge >= 0.3 is 12.1 Å². The largest absolute Gasteiger partial charge is 0.496 e. The molecule has 1 N–H and O–H groups in total. The molecule has 0 aliphatic rings. The van der Waals surface area contributed by atoms with Gasteiger partial charge in [-0.15, -0.1) is 0 Å². The summed E-state index contributed by atoms with van der Waals surface area (Å²) in [4.78, 5) is 11.8. The second-order valence-corrected chi connectivity index (χ2v) is 6.90. The molecule has 1 aromatic carbocycles. The number of aliphatic hydroxyl groups is 1. The van der Waals surface area contributed by atoms with Crippen LogP contribution in [-0.2, 0) is 14.9 Å². The number of methoxy groups -OCH3 is 1. The molecule has 0 aliphatic carbocycles. The van der Waals surface area contributed by atoms with Crippen LogP contribution in [0.5, 0.6) is 5.75 Å². The van der Waals surface area contributed by atoms with E-state index in [9.17, 15) is 23.1 Å². The van der Waals surface area contributed by atoms with Crippen LogP contribution in [0.4, 0.5) is 13.2 Å². The van der Waals surface area contributed by atoms with Crippen LogP contribution < -0.4 is 4.74 Å². The number of alkyl halides is 3. The number of ether oxygens (including phenoxy) is 2. The molecule has 0 bridgehead atoms. The van der Waals surface area contributed by atoms with Crippen LogP contribution in [0.2, 0.25) is 0 Å². The SMILES string of the molecule is CCOC(=O)C(O)(CC(C)(C)c1cc(Br)ccc1OC)C(F)(F)F. The maximum atomic E-state index is 13.4. The van der Waals surface area contributed by atoms with Gasteiger partial charge in [0, 0.05) is 16.5 Å². The Kier molecular flexibility index (Phi) is 6.32. The second-order valence-electron chi connectivity index (χ2n) is 5.98. The molecule has 0 aromatic heterocycles. The number of carbonyl (C=O) groups excluding carboxylic acids is 1. The van der Waals surface area contributed by atoms with Gasteiger partial charge in [-0.2, -0.15) is 13.2 Å². The third-order valence-corrected chi connectivity index (χ3v) is 4.16. The van der Waals surface area contributed by atoms with Crippen molar-refractivity contribution in [1.29, 1.82) is 0 Å². The van der Waals surface area contributed by atoms with E-state index >= 15 is 0 Å². The van der Waals surface area contributed by atoms with E-state index in [4.69, 9.17) is 4.74 Å². The molecule has 4 nitrogen and oxygen atoms in total. The summed E-state index contributed by atoms with van der Waals surface area (Å²) in [5, 5.41) is 10.1. The smallest absolute Gasteiger partial charge is 0.428 e. The Balaban J connectivity index is 3.36. The first-order chi connectivity index (χ1) is 10.9. The van der Waals surface area contributed by atoms with Crippen LogP contribution in [0.1, 0.15) is 32.8 Å². The van der Waals surface area contributed by atoms with Gasteiger partial charge in [0.25, 0.3) is 5.60 Å². The molecule has 0 saturated heterocycles. The number of esters is 1. The average molecular weight is 413 g/mol. The summed E-state index contributed by atoms with van der Waals surface area (Å²) in [7, 11) is 1.39. The lowest BCUT2D eigenvalue weighted by Crippen LogP contribution is -2.55. The molecule has 0 heterocycles. The zero-order chi connectivity index (χ0) is 18.8. The summed E-state index contributed by atoms with van der Waals surface area (Å²) in [5.74, 6) is -1.35. The lowest BCUT2D eigenvalue weighted by atomic mass is 9.74. The van der Waals surface area contributed by atoms with Crippen molar-refractivity contribution < 1.29 is 32.5 Å². The topological polar surface area (TPSA) is 55.8 Å². The first kappa shape index (κ1) is 20.8. The van der Waals surface area contributed by atoms with E-state index in [1.54, 1.807) is 18.2 Å². The van der Waals surface area contributed by atoms with E-state index in [2.05, 4.69) is 20.7 Å². The van der Waals surface area contributed by atoms with E-state index in [0.29, 0.717) is 15.8 Å². The number of carbonyl (C=O) groups is 1. The molecule has 136 valence electrons. The highest BCUT2D eigenvalue weighted by Crippen LogP contribution is 2.44. The highest BCUT2D eigenvalue weighted by molar-refractivity contribution is 9.10. The molecule has 0 aliphatic heterocycles. The maximum Gasteiger partial charge on any atom is 0.428 e. The lowest BCUT2D eigenvalue weighted by Gasteiger charge is -2.36. The van der Waals surface area contributed by atoms with Crippen molar-refractivity contribution in [2.45, 2.75) is 44.4 Å². The highest BCUT2D eigenvalue weighted by atomic mass is 79.9. The van der Waals surface area contributed by atoms with Crippen LogP contribution in [0.15, 0.2) is 22.7 Å². The van der Waals surface area contributed by atoms with Gasteiger partial charge in [0.15, 0.2) is 0 Å². The van der Waals surface area contributed by atoms with Crippen LogP contribution in [0, 0.1) is 0 Å². The lowest BCUT2D eigenvalue weighted by molar-refractivity contribution is -0.267. The van der Waals surface area contributed by atoms with Crippen molar-refractivity contribution in [2.24, 2.45) is 0 Å². The van der Waals surface area contributed by atoms with Gasteiger partial charge in [-0.25, -0.2) is 4.79 Å². The second kappa shape index (κ2) is 7.31. The van der Waals surface area contributed by atoms with Crippen molar-refractivity contribution in [3.8, 4) is 5.75 Å². The van der Waals surface area contributed by atoms with Crippen molar-refractivity contribution in [1.82, 2.24) is 0 Å². The molecular formula is C16H20BrF3O4. The predicted molar refractivity (Wildman–Crippen MR) is 86.0 cm³/mol. The molecule has 0 radical (unpaired) electrons. The Morgan fingerprint density at radius 1 is 1.29 bits per heavy atom. The fourth-order valence-corrected chi connectivity index (χ4v) is 2.84. The molecule has 1 unspecified atom stereocenters. The summed E-state index contributed by atoms with van der Waals surface area (Å²) in [6, 6.07) is 4.87. The fourth-order valence-electron chi connectivity index (χ4n) is 2.48. The Hall–Kier alpha value is -1.28. The van der Waals surface area contributed by atoms with E-state index in [-0.39, 0.29) is 6.61 Å². The normalized spacial score (nSPS) is 14.9. The van der Waals surface area contributed by atoms with Gasteiger partial charge in [0.05, 0.1) is 13.7 Å². The van der Waals surface area contributed by atoms with Crippen molar-refractivity contribution in [3.63, 3.8) is 0 Å². The quantitative estimate of drug-likeness (QED) is 0.717. The standard InChI is InChI=1S/C16H20BrF3O4/c1-5-24-13(21)15(22,16(18,19)20)9-14(2,3)11-8-10(17)6-7-12(11)23-4/h6-8,22H,5,9H2,1-4H3. The molecule has 0 spiro atoms.